The summed E-state index contributed by atoms with van der Waals surface area (Å²) in [6.45, 7) is 1.74. The van der Waals surface area contributed by atoms with Crippen LogP contribution in [0.3, 0.4) is 0 Å². The standard InChI is InChI=1S/C12H13FN2O2S2/c1-8(9-4-5-18-7-9)15-19(16,17)12-3-2-10(13)6-11(12)14/h2-8,15H,14H2,1H3. The molecular weight excluding hydrogens is 287 g/mol. The Morgan fingerprint density at radius 3 is 2.68 bits per heavy atom. The summed E-state index contributed by atoms with van der Waals surface area (Å²) in [6.07, 6.45) is 0. The third-order valence-corrected chi connectivity index (χ3v) is 4.95. The predicted molar refractivity (Wildman–Crippen MR) is 73.9 cm³/mol. The first-order valence-corrected chi connectivity index (χ1v) is 7.92. The minimum atomic E-state index is -3.77. The molecule has 7 heteroatoms. The van der Waals surface area contributed by atoms with Gasteiger partial charge in [-0.1, -0.05) is 0 Å². The predicted octanol–water partition coefficient (Wildman–Crippen LogP) is 2.51. The average Bonchev–Trinajstić information content (AvgIpc) is 2.80. The van der Waals surface area contributed by atoms with Crippen molar-refractivity contribution < 1.29 is 12.8 Å². The summed E-state index contributed by atoms with van der Waals surface area (Å²) in [6, 6.07) is 4.68. The number of hydrogen-bond donors (Lipinski definition) is 2. The summed E-state index contributed by atoms with van der Waals surface area (Å²) in [4.78, 5) is -0.115. The van der Waals surface area contributed by atoms with Gasteiger partial charge in [0.05, 0.1) is 5.69 Å². The maximum absolute atomic E-state index is 12.9. The molecule has 1 aromatic carbocycles. The van der Waals surface area contributed by atoms with Crippen LogP contribution in [0.25, 0.3) is 0 Å². The zero-order valence-electron chi connectivity index (χ0n) is 10.1. The normalized spacial score (nSPS) is 13.4. The van der Waals surface area contributed by atoms with Crippen molar-refractivity contribution in [2.75, 3.05) is 5.73 Å². The Morgan fingerprint density at radius 1 is 1.37 bits per heavy atom. The van der Waals surface area contributed by atoms with Crippen LogP contribution in [-0.4, -0.2) is 8.42 Å². The van der Waals surface area contributed by atoms with Gasteiger partial charge >= 0.3 is 0 Å². The van der Waals surface area contributed by atoms with Crippen LogP contribution in [0.2, 0.25) is 0 Å². The number of nitrogens with two attached hydrogens (primary N) is 1. The van der Waals surface area contributed by atoms with E-state index in [1.54, 1.807) is 6.92 Å². The average molecular weight is 300 g/mol. The Hall–Kier alpha value is -1.44. The van der Waals surface area contributed by atoms with Gasteiger partial charge in [0.15, 0.2) is 0 Å². The molecule has 1 aromatic heterocycles. The molecule has 0 fully saturated rings. The summed E-state index contributed by atoms with van der Waals surface area (Å²) in [5.74, 6) is -0.567. The molecule has 0 amide bonds. The zero-order valence-corrected chi connectivity index (χ0v) is 11.8. The lowest BCUT2D eigenvalue weighted by molar-refractivity contribution is 0.567. The van der Waals surface area contributed by atoms with E-state index in [9.17, 15) is 12.8 Å². The smallest absolute Gasteiger partial charge is 0.243 e. The number of nitrogen functional groups attached to an aromatic ring is 1. The van der Waals surface area contributed by atoms with Crippen molar-refractivity contribution in [2.24, 2.45) is 0 Å². The van der Waals surface area contributed by atoms with Crippen molar-refractivity contribution in [3.8, 4) is 0 Å². The van der Waals surface area contributed by atoms with Gasteiger partial charge in [-0.15, -0.1) is 0 Å². The monoisotopic (exact) mass is 300 g/mol. The molecule has 2 rings (SSSR count). The molecule has 4 nitrogen and oxygen atoms in total. The van der Waals surface area contributed by atoms with Gasteiger partial charge in [0.25, 0.3) is 0 Å². The lowest BCUT2D eigenvalue weighted by Gasteiger charge is -2.14. The van der Waals surface area contributed by atoms with Gasteiger partial charge in [-0.3, -0.25) is 0 Å². The Balaban J connectivity index is 2.28. The molecule has 2 aromatic rings. The fourth-order valence-electron chi connectivity index (χ4n) is 1.65. The largest absolute Gasteiger partial charge is 0.398 e. The van der Waals surface area contributed by atoms with Gasteiger partial charge in [0.2, 0.25) is 10.0 Å². The van der Waals surface area contributed by atoms with E-state index >= 15 is 0 Å². The van der Waals surface area contributed by atoms with Crippen LogP contribution in [0, 0.1) is 5.82 Å². The number of nitrogens with one attached hydrogen (secondary N) is 1. The van der Waals surface area contributed by atoms with Crippen molar-refractivity contribution in [1.82, 2.24) is 4.72 Å². The minimum Gasteiger partial charge on any atom is -0.398 e. The molecule has 1 atom stereocenters. The number of benzene rings is 1. The molecule has 0 aliphatic carbocycles. The van der Waals surface area contributed by atoms with E-state index in [1.165, 1.54) is 11.3 Å². The van der Waals surface area contributed by atoms with Crippen LogP contribution in [0.5, 0.6) is 0 Å². The molecule has 19 heavy (non-hydrogen) atoms. The van der Waals surface area contributed by atoms with Gasteiger partial charge in [-0.25, -0.2) is 17.5 Å². The van der Waals surface area contributed by atoms with E-state index in [0.717, 1.165) is 23.8 Å². The van der Waals surface area contributed by atoms with Crippen LogP contribution in [0.1, 0.15) is 18.5 Å². The number of halogens is 1. The van der Waals surface area contributed by atoms with Crippen LogP contribution in [0.15, 0.2) is 39.9 Å². The molecule has 0 bridgehead atoms. The summed E-state index contributed by atoms with van der Waals surface area (Å²) in [5.41, 5.74) is 6.31. The van der Waals surface area contributed by atoms with E-state index in [4.69, 9.17) is 5.73 Å². The zero-order chi connectivity index (χ0) is 14.0. The van der Waals surface area contributed by atoms with E-state index < -0.39 is 15.8 Å². The first-order valence-electron chi connectivity index (χ1n) is 5.49. The second kappa shape index (κ2) is 5.28. The van der Waals surface area contributed by atoms with Crippen molar-refractivity contribution in [3.05, 3.63) is 46.4 Å². The number of sulfonamides is 1. The summed E-state index contributed by atoms with van der Waals surface area (Å²) in [5, 5.41) is 3.73. The second-order valence-corrected chi connectivity index (χ2v) is 6.54. The molecule has 1 heterocycles. The number of thiophene rings is 1. The van der Waals surface area contributed by atoms with E-state index in [1.807, 2.05) is 16.8 Å². The number of hydrogen-bond acceptors (Lipinski definition) is 4. The molecular formula is C12H13FN2O2S2. The van der Waals surface area contributed by atoms with Crippen molar-refractivity contribution in [3.63, 3.8) is 0 Å². The van der Waals surface area contributed by atoms with E-state index in [2.05, 4.69) is 4.72 Å². The van der Waals surface area contributed by atoms with Gasteiger partial charge in [0, 0.05) is 6.04 Å². The Morgan fingerprint density at radius 2 is 2.11 bits per heavy atom. The molecule has 0 saturated carbocycles. The van der Waals surface area contributed by atoms with Gasteiger partial charge < -0.3 is 5.73 Å². The molecule has 0 spiro atoms. The van der Waals surface area contributed by atoms with Gasteiger partial charge in [-0.05, 0) is 47.5 Å². The quantitative estimate of drug-likeness (QED) is 0.852. The van der Waals surface area contributed by atoms with Gasteiger partial charge in [-0.2, -0.15) is 11.3 Å². The Bertz CT molecular complexity index is 669. The highest BCUT2D eigenvalue weighted by atomic mass is 32.2. The molecule has 0 aliphatic heterocycles. The Kier molecular flexibility index (Phi) is 3.88. The molecule has 0 aliphatic rings. The molecule has 0 saturated heterocycles. The number of anilines is 1. The van der Waals surface area contributed by atoms with Gasteiger partial charge in [0.1, 0.15) is 10.7 Å². The van der Waals surface area contributed by atoms with Crippen LogP contribution in [0.4, 0.5) is 10.1 Å². The third kappa shape index (κ3) is 3.12. The SMILES string of the molecule is CC(NS(=O)(=O)c1ccc(F)cc1N)c1ccsc1. The van der Waals surface area contributed by atoms with E-state index in [0.29, 0.717) is 0 Å². The molecule has 1 unspecified atom stereocenters. The summed E-state index contributed by atoms with van der Waals surface area (Å²) < 4.78 is 39.8. The highest BCUT2D eigenvalue weighted by molar-refractivity contribution is 7.89. The van der Waals surface area contributed by atoms with Crippen LogP contribution < -0.4 is 10.5 Å². The first-order chi connectivity index (χ1) is 8.90. The molecule has 0 radical (unpaired) electrons. The van der Waals surface area contributed by atoms with Crippen molar-refractivity contribution >= 4 is 27.0 Å². The lowest BCUT2D eigenvalue weighted by Crippen LogP contribution is -2.27. The maximum atomic E-state index is 12.9. The highest BCUT2D eigenvalue weighted by Crippen LogP contribution is 2.23. The fourth-order valence-corrected chi connectivity index (χ4v) is 3.75. The third-order valence-electron chi connectivity index (χ3n) is 2.64. The molecule has 3 N–H and O–H groups in total. The summed E-state index contributed by atoms with van der Waals surface area (Å²) >= 11 is 1.49. The van der Waals surface area contributed by atoms with Crippen molar-refractivity contribution in [1.29, 1.82) is 0 Å². The summed E-state index contributed by atoms with van der Waals surface area (Å²) in [7, 11) is -3.77. The highest BCUT2D eigenvalue weighted by Gasteiger charge is 2.21. The van der Waals surface area contributed by atoms with Crippen molar-refractivity contribution in [2.45, 2.75) is 17.9 Å². The maximum Gasteiger partial charge on any atom is 0.243 e. The van der Waals surface area contributed by atoms with Crippen LogP contribution in [-0.2, 0) is 10.0 Å². The second-order valence-electron chi connectivity index (χ2n) is 4.08. The first kappa shape index (κ1) is 14.0. The van der Waals surface area contributed by atoms with Crippen LogP contribution >= 0.6 is 11.3 Å². The Labute approximate surface area is 115 Å². The fraction of sp³-hybridized carbons (Fsp3) is 0.167. The topological polar surface area (TPSA) is 72.2 Å². The lowest BCUT2D eigenvalue weighted by atomic mass is 10.2. The molecule has 102 valence electrons. The minimum absolute atomic E-state index is 0.106. The van der Waals surface area contributed by atoms with E-state index in [-0.39, 0.29) is 16.6 Å². The number of rotatable bonds is 4.